The quantitative estimate of drug-likeness (QED) is 0.160. The summed E-state index contributed by atoms with van der Waals surface area (Å²) in [6.07, 6.45) is 0.799. The molecule has 0 bridgehead atoms. The summed E-state index contributed by atoms with van der Waals surface area (Å²) in [5, 5.41) is 5.94. The van der Waals surface area contributed by atoms with Gasteiger partial charge < -0.3 is 4.42 Å². The Labute approximate surface area is 331 Å². The molecule has 264 valence electrons. The van der Waals surface area contributed by atoms with Crippen molar-refractivity contribution in [3.63, 3.8) is 0 Å². The first-order valence-electron chi connectivity index (χ1n) is 21.4. The first kappa shape index (κ1) is 27.4. The van der Waals surface area contributed by atoms with Crippen LogP contribution in [0.25, 0.3) is 105 Å². The number of para-hydroxylation sites is 3. The summed E-state index contributed by atoms with van der Waals surface area (Å²) in [7, 11) is 0. The summed E-state index contributed by atoms with van der Waals surface area (Å²) in [6.45, 7) is 2.13. The third-order valence-electron chi connectivity index (χ3n) is 11.0. The summed E-state index contributed by atoms with van der Waals surface area (Å²) >= 11 is 0. The topological polar surface area (TPSA) is 31.0 Å². The molecule has 0 radical (unpaired) electrons. The van der Waals surface area contributed by atoms with Gasteiger partial charge in [-0.2, -0.15) is 0 Å². The van der Waals surface area contributed by atoms with Gasteiger partial charge in [-0.3, -0.25) is 4.57 Å². The Morgan fingerprint density at radius 3 is 2.04 bits per heavy atom. The molecule has 0 aliphatic rings. The smallest absolute Gasteiger partial charge is 0.136 e. The minimum Gasteiger partial charge on any atom is -0.456 e. The Balaban J connectivity index is 1.19. The van der Waals surface area contributed by atoms with Gasteiger partial charge in [-0.05, 0) is 115 Å². The van der Waals surface area contributed by atoms with Gasteiger partial charge in [0.1, 0.15) is 17.0 Å². The summed E-state index contributed by atoms with van der Waals surface area (Å²) in [5.41, 5.74) is 11.5. The van der Waals surface area contributed by atoms with Crippen LogP contribution in [0.4, 0.5) is 0 Å². The maximum atomic E-state index is 8.92. The Morgan fingerprint density at radius 1 is 0.518 bits per heavy atom. The van der Waals surface area contributed by atoms with Crippen LogP contribution in [-0.4, -0.2) is 9.55 Å². The van der Waals surface area contributed by atoms with Crippen LogP contribution in [0.15, 0.2) is 192 Å². The van der Waals surface area contributed by atoms with Gasteiger partial charge in [-0.25, -0.2) is 4.98 Å². The first-order valence-corrected chi connectivity index (χ1v) is 18.9. The van der Waals surface area contributed by atoms with Crippen molar-refractivity contribution in [2.45, 2.75) is 13.3 Å². The third-order valence-corrected chi connectivity index (χ3v) is 11.0. The Bertz CT molecular complexity index is 3570. The van der Waals surface area contributed by atoms with Crippen molar-refractivity contribution in [2.24, 2.45) is 0 Å². The van der Waals surface area contributed by atoms with E-state index < -0.39 is 6.04 Å². The summed E-state index contributed by atoms with van der Waals surface area (Å²) in [5.74, 6) is 1.01. The number of rotatable bonds is 6. The van der Waals surface area contributed by atoms with Gasteiger partial charge in [0.15, 0.2) is 0 Å². The molecule has 0 unspecified atom stereocenters. The number of hydrogen-bond donors (Lipinski definition) is 0. The van der Waals surface area contributed by atoms with Crippen LogP contribution in [0.3, 0.4) is 0 Å². The Hall–Kier alpha value is -7.23. The average Bonchev–Trinajstić information content (AvgIpc) is 3.88. The fourth-order valence-corrected chi connectivity index (χ4v) is 8.59. The molecule has 3 heteroatoms. The highest BCUT2D eigenvalue weighted by Crippen LogP contribution is 2.48. The minimum absolute atomic E-state index is 0.166. The normalized spacial score (nSPS) is 13.0. The van der Waals surface area contributed by atoms with Gasteiger partial charge in [-0.15, -0.1) is 0 Å². The van der Waals surface area contributed by atoms with Gasteiger partial charge in [0.2, 0.25) is 0 Å². The molecule has 2 aromatic heterocycles. The molecule has 0 saturated heterocycles. The van der Waals surface area contributed by atoms with E-state index >= 15 is 0 Å². The number of hydrogen-bond acceptors (Lipinski definition) is 2. The van der Waals surface area contributed by atoms with E-state index in [9.17, 15) is 0 Å². The lowest BCUT2D eigenvalue weighted by Crippen LogP contribution is -2.00. The number of fused-ring (bicyclic) bond motifs is 6. The first-order chi connectivity index (χ1) is 29.8. The van der Waals surface area contributed by atoms with Crippen LogP contribution in [0.1, 0.15) is 19.6 Å². The molecule has 0 atom stereocenters. The number of benzene rings is 9. The highest BCUT2D eigenvalue weighted by atomic mass is 16.3. The lowest BCUT2D eigenvalue weighted by Gasteiger charge is -2.20. The SMILES string of the molecule is [2H]c1c([2H])c([2H])c(-c2ccc3c(-c4cccc(-c5cccc(-n6c(CC)nc7ccccc76)c5)c4)c4ccccc4c(-c4cccc5oc6ccccc6c45)c3c2)c([2H])c1[2H]. The zero-order valence-electron chi connectivity index (χ0n) is 35.5. The van der Waals surface area contributed by atoms with Crippen LogP contribution >= 0.6 is 0 Å². The monoisotopic (exact) mass is 721 g/mol. The highest BCUT2D eigenvalue weighted by molar-refractivity contribution is 6.26. The highest BCUT2D eigenvalue weighted by Gasteiger charge is 2.21. The van der Waals surface area contributed by atoms with Crippen molar-refractivity contribution < 1.29 is 11.3 Å². The number of aryl methyl sites for hydroxylation is 1. The molecule has 0 amide bonds. The van der Waals surface area contributed by atoms with E-state index in [1.165, 1.54) is 0 Å². The molecule has 0 saturated carbocycles. The number of aromatic nitrogens is 2. The second-order valence-corrected chi connectivity index (χ2v) is 14.2. The Kier molecular flexibility index (Phi) is 6.34. The van der Waals surface area contributed by atoms with Crippen molar-refractivity contribution in [2.75, 3.05) is 0 Å². The maximum absolute atomic E-state index is 8.92. The van der Waals surface area contributed by atoms with Crippen LogP contribution < -0.4 is 0 Å². The largest absolute Gasteiger partial charge is 0.456 e. The van der Waals surface area contributed by atoms with Crippen LogP contribution in [0.2, 0.25) is 0 Å². The molecular formula is C53H36N2O. The van der Waals surface area contributed by atoms with Crippen LogP contribution in [-0.2, 0) is 6.42 Å². The predicted molar refractivity (Wildman–Crippen MR) is 234 cm³/mol. The maximum Gasteiger partial charge on any atom is 0.136 e. The van der Waals surface area contributed by atoms with Crippen molar-refractivity contribution in [1.82, 2.24) is 9.55 Å². The van der Waals surface area contributed by atoms with Crippen molar-refractivity contribution in [3.8, 4) is 50.2 Å². The zero-order valence-corrected chi connectivity index (χ0v) is 30.5. The summed E-state index contributed by atoms with van der Waals surface area (Å²) in [4.78, 5) is 4.94. The standard InChI is InChI=1S/C53H36N2O/c1-2-50-54-46-25-9-10-26-47(46)55(50)39-20-13-18-36(32-39)35-17-12-19-38(31-35)51-40-21-6-7-22-41(40)52(45-33-37(29-30-42(45)51)34-15-4-3-5-16-34)44-24-14-28-49-53(44)43-23-8-11-27-48(43)56-49/h3-33H,2H2,1H3/i3D,4D,5D,15D,16D. The van der Waals surface area contributed by atoms with Gasteiger partial charge in [0.05, 0.1) is 17.9 Å². The van der Waals surface area contributed by atoms with Crippen molar-refractivity contribution in [3.05, 3.63) is 194 Å². The molecule has 56 heavy (non-hydrogen) atoms. The van der Waals surface area contributed by atoms with Crippen molar-refractivity contribution >= 4 is 54.5 Å². The predicted octanol–water partition coefficient (Wildman–Crippen LogP) is 14.5. The van der Waals surface area contributed by atoms with Gasteiger partial charge >= 0.3 is 0 Å². The lowest BCUT2D eigenvalue weighted by atomic mass is 9.83. The van der Waals surface area contributed by atoms with E-state index in [1.807, 2.05) is 54.6 Å². The van der Waals surface area contributed by atoms with Gasteiger partial charge in [0.25, 0.3) is 0 Å². The molecule has 0 fully saturated rings. The number of imidazole rings is 1. The fourth-order valence-electron chi connectivity index (χ4n) is 8.59. The molecule has 3 nitrogen and oxygen atoms in total. The Morgan fingerprint density at radius 2 is 1.18 bits per heavy atom. The molecular weight excluding hydrogens is 681 g/mol. The second-order valence-electron chi connectivity index (χ2n) is 14.2. The summed E-state index contributed by atoms with van der Waals surface area (Å²) in [6, 6.07) is 52.5. The molecule has 11 aromatic rings. The molecule has 0 aliphatic heterocycles. The minimum atomic E-state index is -0.415. The van der Waals surface area contributed by atoms with Gasteiger partial charge in [0, 0.05) is 22.9 Å². The van der Waals surface area contributed by atoms with E-state index in [-0.39, 0.29) is 29.7 Å². The van der Waals surface area contributed by atoms with E-state index in [0.717, 1.165) is 106 Å². The molecule has 2 heterocycles. The third kappa shape index (κ3) is 5.09. The van der Waals surface area contributed by atoms with E-state index in [4.69, 9.17) is 16.3 Å². The summed E-state index contributed by atoms with van der Waals surface area (Å²) < 4.78 is 51.8. The van der Waals surface area contributed by atoms with E-state index in [2.05, 4.69) is 115 Å². The van der Waals surface area contributed by atoms with Crippen LogP contribution in [0, 0.1) is 0 Å². The average molecular weight is 722 g/mol. The second kappa shape index (κ2) is 13.0. The molecule has 11 rings (SSSR count). The number of nitrogens with zero attached hydrogens (tertiary/aromatic N) is 2. The van der Waals surface area contributed by atoms with Crippen LogP contribution in [0.5, 0.6) is 0 Å². The fraction of sp³-hybridized carbons (Fsp3) is 0.0377. The molecule has 0 spiro atoms. The molecule has 9 aromatic carbocycles. The molecule has 0 N–H and O–H groups in total. The van der Waals surface area contributed by atoms with Crippen molar-refractivity contribution in [1.29, 1.82) is 0 Å². The van der Waals surface area contributed by atoms with E-state index in [1.54, 1.807) is 0 Å². The van der Waals surface area contributed by atoms with E-state index in [0.29, 0.717) is 5.56 Å². The zero-order chi connectivity index (χ0) is 41.5. The molecule has 0 aliphatic carbocycles. The van der Waals surface area contributed by atoms with Gasteiger partial charge in [-0.1, -0.05) is 146 Å². The lowest BCUT2D eigenvalue weighted by molar-refractivity contribution is 0.669. The number of furan rings is 1.